The molecule has 0 atom stereocenters. The van der Waals surface area contributed by atoms with E-state index < -0.39 is 0 Å². The maximum absolute atomic E-state index is 12.3. The minimum Gasteiger partial charge on any atom is -0.275 e. The van der Waals surface area contributed by atoms with E-state index in [4.69, 9.17) is 0 Å². The van der Waals surface area contributed by atoms with Crippen molar-refractivity contribution in [3.63, 3.8) is 0 Å². The van der Waals surface area contributed by atoms with Gasteiger partial charge in [0.2, 0.25) is 5.91 Å². The third-order valence-corrected chi connectivity index (χ3v) is 5.83. The summed E-state index contributed by atoms with van der Waals surface area (Å²) in [5, 5.41) is 8.15. The van der Waals surface area contributed by atoms with E-state index in [1.165, 1.54) is 38.5 Å². The van der Waals surface area contributed by atoms with Crippen molar-refractivity contribution in [3.05, 3.63) is 18.0 Å². The number of hydrazone groups is 1. The Bertz CT molecular complexity index is 568. The highest BCUT2D eigenvalue weighted by atomic mass is 16.2. The van der Waals surface area contributed by atoms with Gasteiger partial charge in [-0.3, -0.25) is 9.48 Å². The molecule has 5 heteroatoms. The first-order valence-corrected chi connectivity index (χ1v) is 8.41. The van der Waals surface area contributed by atoms with Crippen molar-refractivity contribution in [2.45, 2.75) is 44.9 Å². The van der Waals surface area contributed by atoms with Crippen LogP contribution in [-0.4, -0.2) is 21.9 Å². The Morgan fingerprint density at radius 2 is 2.00 bits per heavy atom. The number of nitrogens with one attached hydrogen (secondary N) is 1. The molecule has 22 heavy (non-hydrogen) atoms. The predicted molar refractivity (Wildman–Crippen MR) is 84.2 cm³/mol. The first-order valence-electron chi connectivity index (χ1n) is 8.41. The summed E-state index contributed by atoms with van der Waals surface area (Å²) < 4.78 is 1.72. The largest absolute Gasteiger partial charge is 0.275 e. The van der Waals surface area contributed by atoms with Crippen LogP contribution >= 0.6 is 0 Å². The molecular weight excluding hydrogens is 276 g/mol. The van der Waals surface area contributed by atoms with Gasteiger partial charge in [-0.15, -0.1) is 0 Å². The highest BCUT2D eigenvalue weighted by Crippen LogP contribution is 2.61. The van der Waals surface area contributed by atoms with Crippen LogP contribution in [0.15, 0.2) is 17.5 Å². The fourth-order valence-electron chi connectivity index (χ4n) is 5.57. The first kappa shape index (κ1) is 14.0. The molecule has 1 amide bonds. The van der Waals surface area contributed by atoms with Gasteiger partial charge in [0.1, 0.15) is 0 Å². The van der Waals surface area contributed by atoms with Gasteiger partial charge < -0.3 is 0 Å². The molecule has 0 saturated heterocycles. The second-order valence-electron chi connectivity index (χ2n) is 7.83. The lowest BCUT2D eigenvalue weighted by Gasteiger charge is -2.56. The molecule has 1 N–H and O–H groups in total. The van der Waals surface area contributed by atoms with Crippen LogP contribution in [0.2, 0.25) is 0 Å². The van der Waals surface area contributed by atoms with Crippen molar-refractivity contribution in [3.8, 4) is 0 Å². The van der Waals surface area contributed by atoms with Crippen LogP contribution in [0.4, 0.5) is 0 Å². The van der Waals surface area contributed by atoms with Crippen LogP contribution in [0.1, 0.15) is 50.5 Å². The quantitative estimate of drug-likeness (QED) is 0.686. The van der Waals surface area contributed by atoms with Crippen molar-refractivity contribution >= 4 is 12.1 Å². The Morgan fingerprint density at radius 3 is 2.55 bits per heavy atom. The third kappa shape index (κ3) is 2.69. The molecular formula is C17H24N4O. The van der Waals surface area contributed by atoms with Crippen LogP contribution in [-0.2, 0) is 11.8 Å². The van der Waals surface area contributed by atoms with Crippen LogP contribution in [0.3, 0.4) is 0 Å². The summed E-state index contributed by atoms with van der Waals surface area (Å²) in [7, 11) is 1.86. The van der Waals surface area contributed by atoms with Crippen LogP contribution in [0, 0.1) is 23.2 Å². The number of amides is 1. The first-order chi connectivity index (χ1) is 10.6. The number of nitrogens with zero attached hydrogens (tertiary/aromatic N) is 3. The average Bonchev–Trinajstić information content (AvgIpc) is 2.82. The molecule has 1 aromatic rings. The molecule has 4 aliphatic carbocycles. The Kier molecular flexibility index (Phi) is 3.31. The minimum absolute atomic E-state index is 0.0714. The fourth-order valence-corrected chi connectivity index (χ4v) is 5.57. The number of aryl methyl sites for hydroxylation is 1. The van der Waals surface area contributed by atoms with Crippen LogP contribution < -0.4 is 5.43 Å². The smallest absolute Gasteiger partial charge is 0.240 e. The Balaban J connectivity index is 1.35. The summed E-state index contributed by atoms with van der Waals surface area (Å²) >= 11 is 0. The molecule has 4 aliphatic rings. The van der Waals surface area contributed by atoms with Gasteiger partial charge in [0.05, 0.1) is 12.4 Å². The standard InChI is InChI=1S/C17H24N4O/c1-21-11-15(10-19-21)9-18-20-16(22)8-17-5-12-2-13(6-17)4-14(3-12)7-17/h9-14H,2-8H2,1H3,(H,20,22)/b18-9+. The van der Waals surface area contributed by atoms with Gasteiger partial charge in [-0.2, -0.15) is 10.2 Å². The van der Waals surface area contributed by atoms with E-state index >= 15 is 0 Å². The molecule has 0 unspecified atom stereocenters. The second kappa shape index (κ2) is 5.21. The number of hydrogen-bond acceptors (Lipinski definition) is 3. The number of hydrogen-bond donors (Lipinski definition) is 1. The predicted octanol–water partition coefficient (Wildman–Crippen LogP) is 2.48. The highest BCUT2D eigenvalue weighted by molar-refractivity contribution is 5.82. The van der Waals surface area contributed by atoms with Crippen molar-refractivity contribution in [1.29, 1.82) is 0 Å². The molecule has 0 aromatic carbocycles. The van der Waals surface area contributed by atoms with Crippen molar-refractivity contribution in [2.75, 3.05) is 0 Å². The molecule has 4 fully saturated rings. The van der Waals surface area contributed by atoms with Gasteiger partial charge in [-0.05, 0) is 61.7 Å². The van der Waals surface area contributed by atoms with Crippen LogP contribution in [0.5, 0.6) is 0 Å². The normalized spacial score (nSPS) is 36.1. The van der Waals surface area contributed by atoms with Gasteiger partial charge in [0.15, 0.2) is 0 Å². The summed E-state index contributed by atoms with van der Waals surface area (Å²) in [6, 6.07) is 0. The van der Waals surface area contributed by atoms with E-state index in [1.54, 1.807) is 17.1 Å². The van der Waals surface area contributed by atoms with E-state index in [1.807, 2.05) is 13.2 Å². The van der Waals surface area contributed by atoms with E-state index in [2.05, 4.69) is 15.6 Å². The number of carbonyl (C=O) groups is 1. The Labute approximate surface area is 131 Å². The van der Waals surface area contributed by atoms with Crippen molar-refractivity contribution in [2.24, 2.45) is 35.3 Å². The van der Waals surface area contributed by atoms with E-state index in [0.29, 0.717) is 6.42 Å². The van der Waals surface area contributed by atoms with Crippen molar-refractivity contribution in [1.82, 2.24) is 15.2 Å². The molecule has 5 nitrogen and oxygen atoms in total. The number of aromatic nitrogens is 2. The summed E-state index contributed by atoms with van der Waals surface area (Å²) in [4.78, 5) is 12.3. The van der Waals surface area contributed by atoms with E-state index in [-0.39, 0.29) is 11.3 Å². The molecule has 1 aromatic heterocycles. The molecule has 0 spiro atoms. The third-order valence-electron chi connectivity index (χ3n) is 5.83. The zero-order valence-corrected chi connectivity index (χ0v) is 13.2. The molecule has 4 bridgehead atoms. The number of rotatable bonds is 4. The monoisotopic (exact) mass is 300 g/mol. The van der Waals surface area contributed by atoms with Gasteiger partial charge in [0, 0.05) is 25.2 Å². The summed E-state index contributed by atoms with van der Waals surface area (Å²) in [6.07, 6.45) is 13.9. The van der Waals surface area contributed by atoms with Gasteiger partial charge in [-0.1, -0.05) is 0 Å². The average molecular weight is 300 g/mol. The van der Waals surface area contributed by atoms with Gasteiger partial charge in [-0.25, -0.2) is 5.43 Å². The van der Waals surface area contributed by atoms with Gasteiger partial charge in [0.25, 0.3) is 0 Å². The summed E-state index contributed by atoms with van der Waals surface area (Å²) in [6.45, 7) is 0. The zero-order chi connectivity index (χ0) is 15.2. The lowest BCUT2D eigenvalue weighted by atomic mass is 9.49. The van der Waals surface area contributed by atoms with Crippen molar-refractivity contribution < 1.29 is 4.79 Å². The molecule has 0 aliphatic heterocycles. The van der Waals surface area contributed by atoms with Gasteiger partial charge >= 0.3 is 0 Å². The maximum atomic E-state index is 12.3. The molecule has 118 valence electrons. The van der Waals surface area contributed by atoms with Crippen LogP contribution in [0.25, 0.3) is 0 Å². The molecule has 0 radical (unpaired) electrons. The second-order valence-corrected chi connectivity index (χ2v) is 7.83. The lowest BCUT2D eigenvalue weighted by Crippen LogP contribution is -2.47. The summed E-state index contributed by atoms with van der Waals surface area (Å²) in [5.74, 6) is 2.73. The lowest BCUT2D eigenvalue weighted by molar-refractivity contribution is -0.129. The Hall–Kier alpha value is -1.65. The Morgan fingerprint density at radius 1 is 1.36 bits per heavy atom. The fraction of sp³-hybridized carbons (Fsp3) is 0.706. The zero-order valence-electron chi connectivity index (χ0n) is 13.2. The summed E-state index contributed by atoms with van der Waals surface area (Å²) in [5.41, 5.74) is 3.89. The maximum Gasteiger partial charge on any atom is 0.240 e. The highest BCUT2D eigenvalue weighted by Gasteiger charge is 2.51. The molecule has 4 saturated carbocycles. The SMILES string of the molecule is Cn1cc(/C=N/NC(=O)CC23CC4CC(CC(C4)C2)C3)cn1. The van der Waals surface area contributed by atoms with E-state index in [9.17, 15) is 4.79 Å². The molecule has 1 heterocycles. The minimum atomic E-state index is 0.0714. The number of carbonyl (C=O) groups excluding carboxylic acids is 1. The topological polar surface area (TPSA) is 59.3 Å². The van der Waals surface area contributed by atoms with E-state index in [0.717, 1.165) is 23.3 Å². The molecule has 5 rings (SSSR count).